The molecule has 1 amide bonds. The lowest BCUT2D eigenvalue weighted by molar-refractivity contribution is -0.115. The smallest absolute Gasteiger partial charge is 0.238 e. The number of anilines is 1. The fourth-order valence-electron chi connectivity index (χ4n) is 3.72. The van der Waals surface area contributed by atoms with Crippen LogP contribution in [0.25, 0.3) is 27.8 Å². The standard InChI is InChI=1S/C26H22N6O/c33-25(30-24-12-4-11-23-22(24)10-6-14-29-23)17-28-16-20-18-32(21-8-2-1-3-9-21)31-26(20)19-7-5-13-27-15-19/h1-15,18,28H,16-17H2,(H,30,33). The maximum atomic E-state index is 12.6. The fourth-order valence-corrected chi connectivity index (χ4v) is 3.72. The van der Waals surface area contributed by atoms with Gasteiger partial charge in [-0.1, -0.05) is 24.3 Å². The van der Waals surface area contributed by atoms with Crippen molar-refractivity contribution in [2.75, 3.05) is 11.9 Å². The maximum Gasteiger partial charge on any atom is 0.238 e. The first-order valence-electron chi connectivity index (χ1n) is 10.7. The largest absolute Gasteiger partial charge is 0.324 e. The molecule has 5 rings (SSSR count). The number of nitrogens with one attached hydrogen (secondary N) is 2. The number of pyridine rings is 2. The number of carbonyl (C=O) groups excluding carboxylic acids is 1. The normalized spacial score (nSPS) is 10.9. The van der Waals surface area contributed by atoms with Gasteiger partial charge in [-0.05, 0) is 48.5 Å². The van der Waals surface area contributed by atoms with Gasteiger partial charge >= 0.3 is 0 Å². The van der Waals surface area contributed by atoms with Crippen molar-refractivity contribution in [1.29, 1.82) is 0 Å². The Kier molecular flexibility index (Phi) is 5.86. The molecule has 0 aliphatic heterocycles. The van der Waals surface area contributed by atoms with Crippen LogP contribution in [0, 0.1) is 0 Å². The molecule has 2 N–H and O–H groups in total. The van der Waals surface area contributed by atoms with Gasteiger partial charge in [0, 0.05) is 47.8 Å². The van der Waals surface area contributed by atoms with Gasteiger partial charge in [-0.3, -0.25) is 14.8 Å². The number of rotatable bonds is 7. The third-order valence-electron chi connectivity index (χ3n) is 5.27. The lowest BCUT2D eigenvalue weighted by Crippen LogP contribution is -2.27. The number of benzene rings is 2. The summed E-state index contributed by atoms with van der Waals surface area (Å²) in [5, 5.41) is 11.9. The minimum Gasteiger partial charge on any atom is -0.324 e. The van der Waals surface area contributed by atoms with E-state index in [4.69, 9.17) is 5.10 Å². The highest BCUT2D eigenvalue weighted by Crippen LogP contribution is 2.23. The van der Waals surface area contributed by atoms with Crippen LogP contribution in [-0.4, -0.2) is 32.2 Å². The average molecular weight is 435 g/mol. The molecule has 3 heterocycles. The Morgan fingerprint density at radius 1 is 0.909 bits per heavy atom. The molecule has 0 aliphatic carbocycles. The van der Waals surface area contributed by atoms with E-state index in [2.05, 4.69) is 20.6 Å². The highest BCUT2D eigenvalue weighted by atomic mass is 16.1. The van der Waals surface area contributed by atoms with Crippen LogP contribution in [0.2, 0.25) is 0 Å². The van der Waals surface area contributed by atoms with Crippen LogP contribution >= 0.6 is 0 Å². The first kappa shape index (κ1) is 20.5. The van der Waals surface area contributed by atoms with E-state index in [-0.39, 0.29) is 12.5 Å². The number of amides is 1. The van der Waals surface area contributed by atoms with E-state index >= 15 is 0 Å². The van der Waals surface area contributed by atoms with Crippen LogP contribution in [0.5, 0.6) is 0 Å². The molecule has 7 heteroatoms. The van der Waals surface area contributed by atoms with E-state index in [1.165, 1.54) is 0 Å². The van der Waals surface area contributed by atoms with Crippen LogP contribution in [-0.2, 0) is 11.3 Å². The molecule has 7 nitrogen and oxygen atoms in total. The summed E-state index contributed by atoms with van der Waals surface area (Å²) in [5.74, 6) is -0.121. The van der Waals surface area contributed by atoms with Gasteiger partial charge in [0.05, 0.1) is 29.1 Å². The van der Waals surface area contributed by atoms with Gasteiger partial charge < -0.3 is 10.6 Å². The lowest BCUT2D eigenvalue weighted by atomic mass is 10.1. The van der Waals surface area contributed by atoms with Crippen molar-refractivity contribution in [3.05, 3.63) is 103 Å². The summed E-state index contributed by atoms with van der Waals surface area (Å²) in [4.78, 5) is 21.2. The van der Waals surface area contributed by atoms with Gasteiger partial charge in [-0.25, -0.2) is 4.68 Å². The zero-order valence-corrected chi connectivity index (χ0v) is 17.8. The third kappa shape index (κ3) is 4.63. The third-order valence-corrected chi connectivity index (χ3v) is 5.27. The Bertz CT molecular complexity index is 1380. The Balaban J connectivity index is 1.31. The van der Waals surface area contributed by atoms with E-state index in [1.54, 1.807) is 18.6 Å². The Hall–Kier alpha value is -4.36. The highest BCUT2D eigenvalue weighted by Gasteiger charge is 2.13. The Morgan fingerprint density at radius 3 is 2.64 bits per heavy atom. The van der Waals surface area contributed by atoms with Crippen LogP contribution in [0.1, 0.15) is 5.56 Å². The van der Waals surface area contributed by atoms with Crippen molar-refractivity contribution in [2.45, 2.75) is 6.54 Å². The molecule has 0 fully saturated rings. The van der Waals surface area contributed by atoms with Gasteiger partial charge in [-0.2, -0.15) is 5.10 Å². The van der Waals surface area contributed by atoms with Crippen molar-refractivity contribution in [3.8, 4) is 16.9 Å². The molecule has 3 aromatic heterocycles. The first-order chi connectivity index (χ1) is 16.3. The molecule has 0 bridgehead atoms. The molecule has 0 radical (unpaired) electrons. The summed E-state index contributed by atoms with van der Waals surface area (Å²) in [6, 6.07) is 23.3. The number of hydrogen-bond donors (Lipinski definition) is 2. The number of nitrogens with zero attached hydrogens (tertiary/aromatic N) is 4. The van der Waals surface area contributed by atoms with Crippen LogP contribution in [0.4, 0.5) is 5.69 Å². The van der Waals surface area contributed by atoms with Gasteiger partial charge in [0.1, 0.15) is 0 Å². The quantitative estimate of drug-likeness (QED) is 0.401. The molecular formula is C26H22N6O. The predicted octanol–water partition coefficient (Wildman–Crippen LogP) is 4.21. The van der Waals surface area contributed by atoms with Gasteiger partial charge in [0.25, 0.3) is 0 Å². The molecule has 0 spiro atoms. The van der Waals surface area contributed by atoms with Gasteiger partial charge in [0.15, 0.2) is 0 Å². The summed E-state index contributed by atoms with van der Waals surface area (Å²) < 4.78 is 1.85. The predicted molar refractivity (Wildman–Crippen MR) is 129 cm³/mol. The molecular weight excluding hydrogens is 412 g/mol. The molecule has 0 saturated heterocycles. The zero-order chi connectivity index (χ0) is 22.5. The lowest BCUT2D eigenvalue weighted by Gasteiger charge is -2.09. The molecule has 33 heavy (non-hydrogen) atoms. The van der Waals surface area contributed by atoms with Crippen molar-refractivity contribution in [3.63, 3.8) is 0 Å². The van der Waals surface area contributed by atoms with Crippen molar-refractivity contribution in [2.24, 2.45) is 0 Å². The fraction of sp³-hybridized carbons (Fsp3) is 0.0769. The van der Waals surface area contributed by atoms with Crippen molar-refractivity contribution < 1.29 is 4.79 Å². The first-order valence-corrected chi connectivity index (χ1v) is 10.7. The molecule has 0 aliphatic rings. The number of hydrogen-bond acceptors (Lipinski definition) is 5. The summed E-state index contributed by atoms with van der Waals surface area (Å²) in [6.07, 6.45) is 7.26. The average Bonchev–Trinajstić information content (AvgIpc) is 3.30. The summed E-state index contributed by atoms with van der Waals surface area (Å²) >= 11 is 0. The minimum absolute atomic E-state index is 0.121. The zero-order valence-electron chi connectivity index (χ0n) is 17.8. The number of aromatic nitrogens is 4. The summed E-state index contributed by atoms with van der Waals surface area (Å²) in [6.45, 7) is 0.654. The topological polar surface area (TPSA) is 84.7 Å². The second kappa shape index (κ2) is 9.42. The minimum atomic E-state index is -0.121. The maximum absolute atomic E-state index is 12.6. The molecule has 0 unspecified atom stereocenters. The molecule has 162 valence electrons. The van der Waals surface area contributed by atoms with E-state index in [1.807, 2.05) is 83.7 Å². The Labute approximate surface area is 191 Å². The van der Waals surface area contributed by atoms with Gasteiger partial charge in [0.2, 0.25) is 5.91 Å². The Morgan fingerprint density at radius 2 is 1.79 bits per heavy atom. The second-order valence-electron chi connectivity index (χ2n) is 7.55. The van der Waals surface area contributed by atoms with E-state index in [0.29, 0.717) is 6.54 Å². The van der Waals surface area contributed by atoms with E-state index in [9.17, 15) is 4.79 Å². The van der Waals surface area contributed by atoms with E-state index < -0.39 is 0 Å². The summed E-state index contributed by atoms with van der Waals surface area (Å²) in [7, 11) is 0. The van der Waals surface area contributed by atoms with Crippen LogP contribution in [0.15, 0.2) is 97.6 Å². The van der Waals surface area contributed by atoms with Crippen molar-refractivity contribution in [1.82, 2.24) is 25.1 Å². The number of carbonyl (C=O) groups is 1. The molecule has 5 aromatic rings. The second-order valence-corrected chi connectivity index (χ2v) is 7.55. The molecule has 0 atom stereocenters. The van der Waals surface area contributed by atoms with Gasteiger partial charge in [-0.15, -0.1) is 0 Å². The summed E-state index contributed by atoms with van der Waals surface area (Å²) in [5.41, 5.74) is 5.31. The number of para-hydroxylation sites is 1. The monoisotopic (exact) mass is 434 g/mol. The highest BCUT2D eigenvalue weighted by molar-refractivity contribution is 6.01. The van der Waals surface area contributed by atoms with Crippen molar-refractivity contribution >= 4 is 22.5 Å². The number of fused-ring (bicyclic) bond motifs is 1. The van der Waals surface area contributed by atoms with Crippen LogP contribution < -0.4 is 10.6 Å². The SMILES string of the molecule is O=C(CNCc1cn(-c2ccccc2)nc1-c1cccnc1)Nc1cccc2ncccc12. The van der Waals surface area contributed by atoms with E-state index in [0.717, 1.165) is 39.1 Å². The molecule has 2 aromatic carbocycles. The molecule has 0 saturated carbocycles. The van der Waals surface area contributed by atoms with Crippen LogP contribution in [0.3, 0.4) is 0 Å².